The fourth-order valence-corrected chi connectivity index (χ4v) is 11.6. The molecule has 0 atom stereocenters. The van der Waals surface area contributed by atoms with E-state index in [0.717, 1.165) is 0 Å². The van der Waals surface area contributed by atoms with Gasteiger partial charge in [-0.05, 0) is 0 Å². The molecule has 0 nitrogen and oxygen atoms in total. The summed E-state index contributed by atoms with van der Waals surface area (Å²) in [7, 11) is 16.3. The second-order valence-electron chi connectivity index (χ2n) is 2.58. The molecular formula is C8H16S8. The minimum Gasteiger partial charge on any atom is -0.0932 e. The number of hydrogen-bond donors (Lipinski definition) is 0. The Morgan fingerprint density at radius 1 is 0.250 bits per heavy atom. The second-order valence-corrected chi connectivity index (χ2v) is 13.4. The monoisotopic (exact) mass is 368 g/mol. The molecule has 0 amide bonds. The van der Waals surface area contributed by atoms with E-state index in [0.29, 0.717) is 0 Å². The molecule has 1 rings (SSSR count). The first-order valence-electron chi connectivity index (χ1n) is 4.98. The molecule has 0 unspecified atom stereocenters. The maximum absolute atomic E-state index is 2.04. The van der Waals surface area contributed by atoms with Crippen molar-refractivity contribution >= 4 is 86.4 Å². The topological polar surface area (TPSA) is 0 Å². The smallest absolute Gasteiger partial charge is 0.0136 e. The van der Waals surface area contributed by atoms with Crippen molar-refractivity contribution in [1.82, 2.24) is 0 Å². The Morgan fingerprint density at radius 3 is 0.500 bits per heavy atom. The normalized spacial score (nSPS) is 24.0. The summed E-state index contributed by atoms with van der Waals surface area (Å²) in [6.45, 7) is 0. The molecule has 0 aromatic heterocycles. The quantitative estimate of drug-likeness (QED) is 0.506. The van der Waals surface area contributed by atoms with E-state index in [1.165, 1.54) is 46.0 Å². The highest BCUT2D eigenvalue weighted by Gasteiger charge is 1.97. The summed E-state index contributed by atoms with van der Waals surface area (Å²) in [5.74, 6) is 10.3. The van der Waals surface area contributed by atoms with Gasteiger partial charge in [-0.25, -0.2) is 0 Å². The molecule has 0 aliphatic carbocycles. The van der Waals surface area contributed by atoms with Crippen LogP contribution in [-0.4, -0.2) is 46.0 Å². The number of rotatable bonds is 0. The van der Waals surface area contributed by atoms with Crippen molar-refractivity contribution in [2.45, 2.75) is 0 Å². The molecule has 0 bridgehead atoms. The molecule has 0 N–H and O–H groups in total. The molecule has 1 saturated heterocycles. The van der Waals surface area contributed by atoms with Gasteiger partial charge in [0.05, 0.1) is 0 Å². The Bertz CT molecular complexity index is 80.0. The van der Waals surface area contributed by atoms with Gasteiger partial charge in [0.25, 0.3) is 0 Å². The lowest BCUT2D eigenvalue weighted by Crippen LogP contribution is -1.86. The van der Waals surface area contributed by atoms with Crippen molar-refractivity contribution in [3.63, 3.8) is 0 Å². The molecule has 0 spiro atoms. The lowest BCUT2D eigenvalue weighted by Gasteiger charge is -2.04. The fourth-order valence-electron chi connectivity index (χ4n) is 0.744. The van der Waals surface area contributed by atoms with E-state index in [1.807, 2.05) is 86.4 Å². The molecule has 16 heavy (non-hydrogen) atoms. The second kappa shape index (κ2) is 14.2. The lowest BCUT2D eigenvalue weighted by molar-refractivity contribution is 1.55. The molecule has 0 saturated carbocycles. The molecule has 0 aromatic rings. The fraction of sp³-hybridized carbons (Fsp3) is 1.00. The molecule has 1 aliphatic heterocycles. The maximum atomic E-state index is 2.04. The molecule has 0 aromatic carbocycles. The van der Waals surface area contributed by atoms with Gasteiger partial charge in [0.1, 0.15) is 0 Å². The van der Waals surface area contributed by atoms with Crippen molar-refractivity contribution < 1.29 is 0 Å². The van der Waals surface area contributed by atoms with Gasteiger partial charge < -0.3 is 0 Å². The SMILES string of the molecule is C1CSSCCSSCCSSCCSS1. The summed E-state index contributed by atoms with van der Waals surface area (Å²) >= 11 is 0. The van der Waals surface area contributed by atoms with Crippen molar-refractivity contribution in [2.24, 2.45) is 0 Å². The minimum atomic E-state index is 1.29. The predicted octanol–water partition coefficient (Wildman–Crippen LogP) is 5.53. The van der Waals surface area contributed by atoms with Gasteiger partial charge in [-0.15, -0.1) is 0 Å². The van der Waals surface area contributed by atoms with E-state index in [-0.39, 0.29) is 0 Å². The van der Waals surface area contributed by atoms with Crippen LogP contribution in [0, 0.1) is 0 Å². The molecule has 8 heteroatoms. The highest BCUT2D eigenvalue weighted by Crippen LogP contribution is 2.32. The summed E-state index contributed by atoms with van der Waals surface area (Å²) in [5.41, 5.74) is 0. The van der Waals surface area contributed by atoms with E-state index in [1.54, 1.807) is 0 Å². The molecule has 1 fully saturated rings. The van der Waals surface area contributed by atoms with Crippen LogP contribution in [0.25, 0.3) is 0 Å². The van der Waals surface area contributed by atoms with Crippen molar-refractivity contribution in [2.75, 3.05) is 46.0 Å². The van der Waals surface area contributed by atoms with Gasteiger partial charge in [-0.2, -0.15) is 0 Å². The van der Waals surface area contributed by atoms with Crippen LogP contribution in [0.4, 0.5) is 0 Å². The zero-order chi connectivity index (χ0) is 11.3. The van der Waals surface area contributed by atoms with Crippen molar-refractivity contribution in [3.8, 4) is 0 Å². The molecule has 96 valence electrons. The van der Waals surface area contributed by atoms with Crippen molar-refractivity contribution in [1.29, 1.82) is 0 Å². The summed E-state index contributed by atoms with van der Waals surface area (Å²) in [6.07, 6.45) is 0. The largest absolute Gasteiger partial charge is 0.0932 e. The molecule has 1 heterocycles. The maximum Gasteiger partial charge on any atom is 0.0136 e. The zero-order valence-corrected chi connectivity index (χ0v) is 15.5. The van der Waals surface area contributed by atoms with Crippen LogP contribution in [0.1, 0.15) is 0 Å². The van der Waals surface area contributed by atoms with Gasteiger partial charge >= 0.3 is 0 Å². The average Bonchev–Trinajstić information content (AvgIpc) is 2.29. The third-order valence-corrected chi connectivity index (χ3v) is 12.0. The van der Waals surface area contributed by atoms with Crippen LogP contribution in [-0.2, 0) is 0 Å². The molecule has 1 aliphatic rings. The highest BCUT2D eigenvalue weighted by molar-refractivity contribution is 8.80. The first-order chi connectivity index (χ1) is 8.00. The van der Waals surface area contributed by atoms with Gasteiger partial charge in [-0.1, -0.05) is 86.4 Å². The highest BCUT2D eigenvalue weighted by atomic mass is 33.1. The Kier molecular flexibility index (Phi) is 15.0. The first kappa shape index (κ1) is 16.9. The summed E-state index contributed by atoms with van der Waals surface area (Å²) < 4.78 is 0. The Labute approximate surface area is 131 Å². The van der Waals surface area contributed by atoms with E-state index in [4.69, 9.17) is 0 Å². The Balaban J connectivity index is 2.00. The van der Waals surface area contributed by atoms with Crippen LogP contribution in [0.5, 0.6) is 0 Å². The summed E-state index contributed by atoms with van der Waals surface area (Å²) in [6, 6.07) is 0. The Morgan fingerprint density at radius 2 is 0.375 bits per heavy atom. The predicted molar refractivity (Wildman–Crippen MR) is 99.7 cm³/mol. The molecular weight excluding hydrogens is 353 g/mol. The minimum absolute atomic E-state index is 1.29. The first-order valence-corrected chi connectivity index (χ1v) is 14.9. The lowest BCUT2D eigenvalue weighted by atomic mass is 11.0. The van der Waals surface area contributed by atoms with E-state index in [2.05, 4.69) is 0 Å². The third-order valence-electron chi connectivity index (χ3n) is 1.33. The zero-order valence-electron chi connectivity index (χ0n) is 8.92. The summed E-state index contributed by atoms with van der Waals surface area (Å²) in [4.78, 5) is 0. The van der Waals surface area contributed by atoms with E-state index >= 15 is 0 Å². The van der Waals surface area contributed by atoms with Crippen LogP contribution >= 0.6 is 86.4 Å². The van der Waals surface area contributed by atoms with Crippen molar-refractivity contribution in [3.05, 3.63) is 0 Å². The van der Waals surface area contributed by atoms with Gasteiger partial charge in [-0.3, -0.25) is 0 Å². The standard InChI is InChI=1S/C8H16S8/c1-2-10-12-5-6-14-16-8-7-15-13-4-3-11-9-1/h1-8H2. The third kappa shape index (κ3) is 11.9. The van der Waals surface area contributed by atoms with Crippen LogP contribution in [0.15, 0.2) is 0 Å². The average molecular weight is 369 g/mol. The number of hydrogen-bond acceptors (Lipinski definition) is 8. The molecule has 0 radical (unpaired) electrons. The van der Waals surface area contributed by atoms with Crippen LogP contribution in [0.2, 0.25) is 0 Å². The van der Waals surface area contributed by atoms with E-state index < -0.39 is 0 Å². The Hall–Kier alpha value is 2.80. The van der Waals surface area contributed by atoms with Crippen LogP contribution < -0.4 is 0 Å². The summed E-state index contributed by atoms with van der Waals surface area (Å²) in [5, 5.41) is 0. The van der Waals surface area contributed by atoms with Gasteiger partial charge in [0.2, 0.25) is 0 Å². The van der Waals surface area contributed by atoms with Crippen LogP contribution in [0.3, 0.4) is 0 Å². The van der Waals surface area contributed by atoms with Gasteiger partial charge in [0, 0.05) is 46.0 Å². The van der Waals surface area contributed by atoms with Gasteiger partial charge in [0.15, 0.2) is 0 Å². The van der Waals surface area contributed by atoms with E-state index in [9.17, 15) is 0 Å².